The number of rotatable bonds is 5. The normalized spacial score (nSPS) is 10.4. The predicted molar refractivity (Wildman–Crippen MR) is 95.9 cm³/mol. The van der Waals surface area contributed by atoms with Gasteiger partial charge in [-0.3, -0.25) is 9.89 Å². The van der Waals surface area contributed by atoms with Crippen molar-refractivity contribution in [1.82, 2.24) is 15.5 Å². The molecule has 1 aromatic heterocycles. The monoisotopic (exact) mass is 385 g/mol. The number of nitrogens with zero attached hydrogens (tertiary/aromatic N) is 1. The zero-order valence-electron chi connectivity index (χ0n) is 13.0. The number of methoxy groups -OCH3 is 1. The van der Waals surface area contributed by atoms with Crippen molar-refractivity contribution in [2.75, 3.05) is 7.11 Å². The Hall–Kier alpha value is -2.60. The highest BCUT2D eigenvalue weighted by atomic mass is 79.9. The number of carbonyl (C=O) groups excluding carboxylic acids is 1. The van der Waals surface area contributed by atoms with E-state index in [-0.39, 0.29) is 5.91 Å². The van der Waals surface area contributed by atoms with E-state index in [1.165, 1.54) is 0 Å². The number of H-pyrrole nitrogens is 1. The van der Waals surface area contributed by atoms with Gasteiger partial charge in [-0.25, -0.2) is 0 Å². The maximum Gasteiger partial charge on any atom is 0.269 e. The molecule has 3 rings (SSSR count). The molecule has 0 saturated carbocycles. The number of hydrogen-bond donors (Lipinski definition) is 2. The minimum atomic E-state index is -0.192. The van der Waals surface area contributed by atoms with Gasteiger partial charge in [-0.05, 0) is 48.0 Å². The van der Waals surface area contributed by atoms with Crippen molar-refractivity contribution < 1.29 is 9.53 Å². The number of aromatic nitrogens is 2. The number of ether oxygens (including phenoxy) is 1. The van der Waals surface area contributed by atoms with E-state index in [4.69, 9.17) is 4.74 Å². The molecule has 5 nitrogen and oxygen atoms in total. The summed E-state index contributed by atoms with van der Waals surface area (Å²) in [5.74, 6) is 0.587. The second-order valence-corrected chi connectivity index (χ2v) is 6.12. The molecule has 0 spiro atoms. The van der Waals surface area contributed by atoms with Crippen LogP contribution >= 0.6 is 15.9 Å². The fourth-order valence-corrected chi connectivity index (χ4v) is 2.72. The van der Waals surface area contributed by atoms with E-state index in [2.05, 4.69) is 31.4 Å². The van der Waals surface area contributed by atoms with Crippen LogP contribution in [-0.2, 0) is 6.54 Å². The molecular formula is C18H16BrN3O2. The molecule has 0 aliphatic carbocycles. The standard InChI is InChI=1S/C18H16BrN3O2/c1-24-15-7-5-13(6-8-15)16-10-17(22-21-16)18(23)20-11-12-3-2-4-14(19)9-12/h2-10H,11H2,1H3,(H,20,23)(H,21,22). The number of amides is 1. The van der Waals surface area contributed by atoms with Gasteiger partial charge in [-0.15, -0.1) is 0 Å². The summed E-state index contributed by atoms with van der Waals surface area (Å²) in [5.41, 5.74) is 3.08. The van der Waals surface area contributed by atoms with Gasteiger partial charge in [0, 0.05) is 16.6 Å². The lowest BCUT2D eigenvalue weighted by molar-refractivity contribution is 0.0946. The zero-order chi connectivity index (χ0) is 16.9. The molecule has 0 bridgehead atoms. The molecule has 0 unspecified atom stereocenters. The summed E-state index contributed by atoms with van der Waals surface area (Å²) in [7, 11) is 1.62. The van der Waals surface area contributed by atoms with Crippen LogP contribution in [0.5, 0.6) is 5.75 Å². The first-order chi connectivity index (χ1) is 11.7. The number of benzene rings is 2. The lowest BCUT2D eigenvalue weighted by atomic mass is 10.1. The average molecular weight is 386 g/mol. The molecule has 1 heterocycles. The van der Waals surface area contributed by atoms with Gasteiger partial charge in [-0.1, -0.05) is 28.1 Å². The van der Waals surface area contributed by atoms with E-state index in [0.717, 1.165) is 21.3 Å². The molecule has 0 radical (unpaired) electrons. The third-order valence-corrected chi connectivity index (χ3v) is 4.04. The Bertz CT molecular complexity index is 843. The summed E-state index contributed by atoms with van der Waals surface area (Å²) in [6.45, 7) is 0.454. The van der Waals surface area contributed by atoms with Crippen molar-refractivity contribution in [3.8, 4) is 17.0 Å². The topological polar surface area (TPSA) is 67.0 Å². The SMILES string of the molecule is COc1ccc(-c2cc(C(=O)NCc3cccc(Br)c3)[nH]n2)cc1. The summed E-state index contributed by atoms with van der Waals surface area (Å²) >= 11 is 3.42. The molecular weight excluding hydrogens is 370 g/mol. The first-order valence-electron chi connectivity index (χ1n) is 7.38. The minimum absolute atomic E-state index is 0.192. The second kappa shape index (κ2) is 7.31. The summed E-state index contributed by atoms with van der Waals surface area (Å²) in [4.78, 5) is 12.2. The van der Waals surface area contributed by atoms with E-state index < -0.39 is 0 Å². The molecule has 3 aromatic rings. The van der Waals surface area contributed by atoms with E-state index in [0.29, 0.717) is 17.9 Å². The Labute approximate surface area is 148 Å². The van der Waals surface area contributed by atoms with Gasteiger partial charge in [0.2, 0.25) is 0 Å². The highest BCUT2D eigenvalue weighted by Gasteiger charge is 2.11. The molecule has 0 aliphatic heterocycles. The van der Waals surface area contributed by atoms with Gasteiger partial charge < -0.3 is 10.1 Å². The van der Waals surface area contributed by atoms with Crippen molar-refractivity contribution in [2.45, 2.75) is 6.54 Å². The maximum atomic E-state index is 12.2. The smallest absolute Gasteiger partial charge is 0.269 e. The highest BCUT2D eigenvalue weighted by Crippen LogP contribution is 2.21. The molecule has 0 saturated heterocycles. The van der Waals surface area contributed by atoms with Crippen molar-refractivity contribution in [3.63, 3.8) is 0 Å². The van der Waals surface area contributed by atoms with Crippen LogP contribution in [0, 0.1) is 0 Å². The third kappa shape index (κ3) is 3.83. The quantitative estimate of drug-likeness (QED) is 0.702. The molecule has 0 atom stereocenters. The van der Waals surface area contributed by atoms with Gasteiger partial charge in [0.15, 0.2) is 0 Å². The summed E-state index contributed by atoms with van der Waals surface area (Å²) < 4.78 is 6.12. The summed E-state index contributed by atoms with van der Waals surface area (Å²) in [6.07, 6.45) is 0. The first-order valence-corrected chi connectivity index (χ1v) is 8.17. The van der Waals surface area contributed by atoms with Crippen LogP contribution < -0.4 is 10.1 Å². The fourth-order valence-electron chi connectivity index (χ4n) is 2.27. The van der Waals surface area contributed by atoms with Crippen molar-refractivity contribution in [3.05, 3.63) is 70.3 Å². The Morgan fingerprint density at radius 1 is 1.21 bits per heavy atom. The summed E-state index contributed by atoms with van der Waals surface area (Å²) in [6, 6.07) is 17.1. The molecule has 0 aliphatic rings. The van der Waals surface area contributed by atoms with Gasteiger partial charge in [-0.2, -0.15) is 5.10 Å². The lowest BCUT2D eigenvalue weighted by Gasteiger charge is -2.04. The third-order valence-electron chi connectivity index (χ3n) is 3.55. The molecule has 1 amide bonds. The highest BCUT2D eigenvalue weighted by molar-refractivity contribution is 9.10. The van der Waals surface area contributed by atoms with Crippen LogP contribution in [0.15, 0.2) is 59.1 Å². The summed E-state index contributed by atoms with van der Waals surface area (Å²) in [5, 5.41) is 9.85. The van der Waals surface area contributed by atoms with Crippen molar-refractivity contribution in [1.29, 1.82) is 0 Å². The Morgan fingerprint density at radius 3 is 2.71 bits per heavy atom. The Balaban J connectivity index is 1.66. The van der Waals surface area contributed by atoms with Gasteiger partial charge in [0.1, 0.15) is 11.4 Å². The van der Waals surface area contributed by atoms with Gasteiger partial charge in [0.05, 0.1) is 12.8 Å². The molecule has 0 fully saturated rings. The Morgan fingerprint density at radius 2 is 2.00 bits per heavy atom. The first kappa shape index (κ1) is 16.3. The molecule has 6 heteroatoms. The molecule has 2 N–H and O–H groups in total. The van der Waals surface area contributed by atoms with Crippen LogP contribution in [0.2, 0.25) is 0 Å². The van der Waals surface area contributed by atoms with Crippen LogP contribution in [0.1, 0.15) is 16.1 Å². The predicted octanol–water partition coefficient (Wildman–Crippen LogP) is 3.78. The van der Waals surface area contributed by atoms with Crippen LogP contribution in [-0.4, -0.2) is 23.2 Å². The fraction of sp³-hybridized carbons (Fsp3) is 0.111. The molecule has 24 heavy (non-hydrogen) atoms. The van der Waals surface area contributed by atoms with E-state index in [1.807, 2.05) is 48.5 Å². The molecule has 2 aromatic carbocycles. The van der Waals surface area contributed by atoms with Crippen LogP contribution in [0.3, 0.4) is 0 Å². The number of hydrogen-bond acceptors (Lipinski definition) is 3. The van der Waals surface area contributed by atoms with Crippen molar-refractivity contribution in [2.24, 2.45) is 0 Å². The number of aromatic amines is 1. The van der Waals surface area contributed by atoms with Gasteiger partial charge in [0.25, 0.3) is 5.91 Å². The van der Waals surface area contributed by atoms with Crippen molar-refractivity contribution >= 4 is 21.8 Å². The number of carbonyl (C=O) groups is 1. The van der Waals surface area contributed by atoms with Crippen LogP contribution in [0.25, 0.3) is 11.3 Å². The maximum absolute atomic E-state index is 12.2. The Kier molecular flexibility index (Phi) is 4.96. The largest absolute Gasteiger partial charge is 0.497 e. The molecule has 122 valence electrons. The van der Waals surface area contributed by atoms with Gasteiger partial charge >= 0.3 is 0 Å². The zero-order valence-corrected chi connectivity index (χ0v) is 14.6. The van der Waals surface area contributed by atoms with E-state index in [9.17, 15) is 4.79 Å². The van der Waals surface area contributed by atoms with E-state index >= 15 is 0 Å². The average Bonchev–Trinajstić information content (AvgIpc) is 3.10. The van der Waals surface area contributed by atoms with Crippen LogP contribution in [0.4, 0.5) is 0 Å². The minimum Gasteiger partial charge on any atom is -0.497 e. The number of halogens is 1. The second-order valence-electron chi connectivity index (χ2n) is 5.21. The lowest BCUT2D eigenvalue weighted by Crippen LogP contribution is -2.23. The van der Waals surface area contributed by atoms with E-state index in [1.54, 1.807) is 13.2 Å². The number of nitrogens with one attached hydrogen (secondary N) is 2.